The average molecular weight is 316 g/mol. The number of unbranched alkanes of at least 4 members (excludes halogenated alkanes) is 1. The Kier molecular flexibility index (Phi) is 6.62. The number of nitriles is 1. The Labute approximate surface area is 127 Å². The van der Waals surface area contributed by atoms with Gasteiger partial charge in [0.2, 0.25) is 5.91 Å². The fraction of sp³-hybridized carbons (Fsp3) is 0.857. The van der Waals surface area contributed by atoms with Gasteiger partial charge < -0.3 is 4.90 Å². The molecule has 1 saturated heterocycles. The van der Waals surface area contributed by atoms with Crippen LogP contribution in [0.15, 0.2) is 0 Å². The highest BCUT2D eigenvalue weighted by Crippen LogP contribution is 2.29. The smallest absolute Gasteiger partial charge is 0.264 e. The lowest BCUT2D eigenvalue weighted by atomic mass is 9.99. The Morgan fingerprint density at radius 1 is 1.48 bits per heavy atom. The first-order valence-electron chi connectivity index (χ1n) is 7.26. The highest BCUT2D eigenvalue weighted by molar-refractivity contribution is 7.85. The standard InChI is InChI=1S/C14H24N2O4S/c1-11(2)9-16-13(10-20-21(3,18)19)8-12(14(16)17)6-4-5-7-15/h11-13H,4-6,8-10H2,1-3H3/t12-,13+/m1/s1. The minimum atomic E-state index is -3.50. The topological polar surface area (TPSA) is 87.5 Å². The molecule has 7 heteroatoms. The summed E-state index contributed by atoms with van der Waals surface area (Å²) in [5.74, 6) is 0.251. The maximum Gasteiger partial charge on any atom is 0.264 e. The van der Waals surface area contributed by atoms with Crippen LogP contribution in [0, 0.1) is 23.2 Å². The molecule has 1 aliphatic heterocycles. The van der Waals surface area contributed by atoms with Gasteiger partial charge in [-0.25, -0.2) is 0 Å². The van der Waals surface area contributed by atoms with Crippen molar-refractivity contribution in [3.8, 4) is 6.07 Å². The van der Waals surface area contributed by atoms with E-state index in [0.29, 0.717) is 38.1 Å². The van der Waals surface area contributed by atoms with E-state index in [1.165, 1.54) is 0 Å². The van der Waals surface area contributed by atoms with Gasteiger partial charge in [-0.05, 0) is 25.2 Å². The van der Waals surface area contributed by atoms with Crippen LogP contribution in [0.1, 0.15) is 39.5 Å². The lowest BCUT2D eigenvalue weighted by Crippen LogP contribution is -2.39. The maximum absolute atomic E-state index is 12.4. The fourth-order valence-corrected chi connectivity index (χ4v) is 3.04. The van der Waals surface area contributed by atoms with Crippen molar-refractivity contribution >= 4 is 16.0 Å². The predicted octanol–water partition coefficient (Wildman–Crippen LogP) is 1.53. The van der Waals surface area contributed by atoms with Gasteiger partial charge in [-0.3, -0.25) is 8.98 Å². The zero-order valence-corrected chi connectivity index (χ0v) is 13.7. The molecular formula is C14H24N2O4S. The van der Waals surface area contributed by atoms with Crippen LogP contribution >= 0.6 is 0 Å². The minimum absolute atomic E-state index is 0.0199. The van der Waals surface area contributed by atoms with Crippen molar-refractivity contribution in [2.24, 2.45) is 11.8 Å². The summed E-state index contributed by atoms with van der Waals surface area (Å²) >= 11 is 0. The molecule has 1 aliphatic rings. The van der Waals surface area contributed by atoms with E-state index in [9.17, 15) is 13.2 Å². The molecule has 0 aromatic rings. The highest BCUT2D eigenvalue weighted by atomic mass is 32.2. The summed E-state index contributed by atoms with van der Waals surface area (Å²) in [6.45, 7) is 4.66. The van der Waals surface area contributed by atoms with Crippen LogP contribution in [-0.4, -0.2) is 44.7 Å². The van der Waals surface area contributed by atoms with E-state index in [2.05, 4.69) is 6.07 Å². The predicted molar refractivity (Wildman–Crippen MR) is 78.7 cm³/mol. The molecule has 0 radical (unpaired) electrons. The average Bonchev–Trinajstić information content (AvgIpc) is 2.64. The van der Waals surface area contributed by atoms with Gasteiger partial charge >= 0.3 is 0 Å². The molecule has 1 rings (SSSR count). The molecule has 0 aromatic heterocycles. The largest absolute Gasteiger partial charge is 0.337 e. The summed E-state index contributed by atoms with van der Waals surface area (Å²) in [4.78, 5) is 14.2. The van der Waals surface area contributed by atoms with Gasteiger partial charge in [0.15, 0.2) is 0 Å². The van der Waals surface area contributed by atoms with Crippen LogP contribution in [0.25, 0.3) is 0 Å². The molecule has 2 atom stereocenters. The second-order valence-electron chi connectivity index (χ2n) is 6.01. The van der Waals surface area contributed by atoms with Crippen molar-refractivity contribution in [2.45, 2.75) is 45.6 Å². The minimum Gasteiger partial charge on any atom is -0.337 e. The number of nitrogens with zero attached hydrogens (tertiary/aromatic N) is 2. The van der Waals surface area contributed by atoms with E-state index >= 15 is 0 Å². The van der Waals surface area contributed by atoms with Crippen LogP contribution in [0.4, 0.5) is 0 Å². The molecule has 21 heavy (non-hydrogen) atoms. The molecule has 0 aromatic carbocycles. The lowest BCUT2D eigenvalue weighted by molar-refractivity contribution is -0.133. The van der Waals surface area contributed by atoms with Gasteiger partial charge in [0.25, 0.3) is 10.1 Å². The molecule has 0 saturated carbocycles. The molecule has 0 aliphatic carbocycles. The van der Waals surface area contributed by atoms with E-state index in [0.717, 1.165) is 6.26 Å². The van der Waals surface area contributed by atoms with Crippen LogP contribution in [0.3, 0.4) is 0 Å². The van der Waals surface area contributed by atoms with Crippen molar-refractivity contribution < 1.29 is 17.4 Å². The fourth-order valence-electron chi connectivity index (χ4n) is 2.63. The number of hydrogen-bond donors (Lipinski definition) is 0. The van der Waals surface area contributed by atoms with E-state index in [1.807, 2.05) is 13.8 Å². The van der Waals surface area contributed by atoms with Crippen LogP contribution in [0.2, 0.25) is 0 Å². The Morgan fingerprint density at radius 2 is 2.14 bits per heavy atom. The second-order valence-corrected chi connectivity index (χ2v) is 7.65. The van der Waals surface area contributed by atoms with Gasteiger partial charge in [0, 0.05) is 18.9 Å². The van der Waals surface area contributed by atoms with Crippen molar-refractivity contribution in [2.75, 3.05) is 19.4 Å². The van der Waals surface area contributed by atoms with Crippen molar-refractivity contribution in [3.05, 3.63) is 0 Å². The molecule has 0 bridgehead atoms. The van der Waals surface area contributed by atoms with E-state index in [-0.39, 0.29) is 24.5 Å². The van der Waals surface area contributed by atoms with Gasteiger partial charge in [0.05, 0.1) is 25.0 Å². The lowest BCUT2D eigenvalue weighted by Gasteiger charge is -2.26. The number of carbonyl (C=O) groups is 1. The summed E-state index contributed by atoms with van der Waals surface area (Å²) in [5.41, 5.74) is 0. The normalized spacial score (nSPS) is 22.8. The van der Waals surface area contributed by atoms with Crippen LogP contribution < -0.4 is 0 Å². The van der Waals surface area contributed by atoms with Crippen molar-refractivity contribution in [1.82, 2.24) is 4.90 Å². The first kappa shape index (κ1) is 17.9. The van der Waals surface area contributed by atoms with Gasteiger partial charge in [-0.2, -0.15) is 13.7 Å². The molecule has 0 unspecified atom stereocenters. The molecule has 120 valence electrons. The summed E-state index contributed by atoms with van der Waals surface area (Å²) in [6, 6.07) is 1.88. The maximum atomic E-state index is 12.4. The molecular weight excluding hydrogens is 292 g/mol. The zero-order chi connectivity index (χ0) is 16.0. The third kappa shape index (κ3) is 6.02. The highest BCUT2D eigenvalue weighted by Gasteiger charge is 2.39. The summed E-state index contributed by atoms with van der Waals surface area (Å²) < 4.78 is 27.1. The Morgan fingerprint density at radius 3 is 2.67 bits per heavy atom. The van der Waals surface area contributed by atoms with E-state index < -0.39 is 10.1 Å². The first-order valence-corrected chi connectivity index (χ1v) is 9.08. The van der Waals surface area contributed by atoms with E-state index in [1.54, 1.807) is 4.90 Å². The number of rotatable bonds is 8. The molecule has 0 spiro atoms. The molecule has 1 amide bonds. The summed E-state index contributed by atoms with van der Waals surface area (Å²) in [5, 5.41) is 8.57. The molecule has 6 nitrogen and oxygen atoms in total. The number of hydrogen-bond acceptors (Lipinski definition) is 5. The molecule has 0 N–H and O–H groups in total. The first-order chi connectivity index (χ1) is 9.74. The Balaban J connectivity index is 2.69. The quantitative estimate of drug-likeness (QED) is 0.500. The summed E-state index contributed by atoms with van der Waals surface area (Å²) in [6.07, 6.45) is 3.43. The van der Waals surface area contributed by atoms with Crippen LogP contribution in [0.5, 0.6) is 0 Å². The number of amides is 1. The van der Waals surface area contributed by atoms with Crippen molar-refractivity contribution in [1.29, 1.82) is 5.26 Å². The van der Waals surface area contributed by atoms with Gasteiger partial charge in [0.1, 0.15) is 0 Å². The summed E-state index contributed by atoms with van der Waals surface area (Å²) in [7, 11) is -3.50. The van der Waals surface area contributed by atoms with E-state index in [4.69, 9.17) is 9.44 Å². The van der Waals surface area contributed by atoms with Gasteiger partial charge in [-0.1, -0.05) is 13.8 Å². The molecule has 1 fully saturated rings. The molecule has 1 heterocycles. The zero-order valence-electron chi connectivity index (χ0n) is 12.9. The second kappa shape index (κ2) is 7.76. The third-order valence-electron chi connectivity index (χ3n) is 3.51. The SMILES string of the molecule is CC(C)CN1C(=O)[C@H](CCCC#N)C[C@H]1COS(C)(=O)=O. The van der Waals surface area contributed by atoms with Crippen LogP contribution in [-0.2, 0) is 19.1 Å². The third-order valence-corrected chi connectivity index (χ3v) is 4.07. The monoisotopic (exact) mass is 316 g/mol. The Hall–Kier alpha value is -1.13. The Bertz CT molecular complexity index is 496. The number of likely N-dealkylation sites (tertiary alicyclic amines) is 1. The van der Waals surface area contributed by atoms with Crippen molar-refractivity contribution in [3.63, 3.8) is 0 Å². The van der Waals surface area contributed by atoms with Gasteiger partial charge in [-0.15, -0.1) is 0 Å². The number of carbonyl (C=O) groups excluding carboxylic acids is 1.